The van der Waals surface area contributed by atoms with Crippen LogP contribution >= 0.6 is 23.1 Å². The number of methoxy groups -OCH3 is 1. The zero-order chi connectivity index (χ0) is 27.6. The Balaban J connectivity index is 1.62. The van der Waals surface area contributed by atoms with Gasteiger partial charge in [-0.2, -0.15) is 5.10 Å². The minimum Gasteiger partial charge on any atom is -0.497 e. The van der Waals surface area contributed by atoms with E-state index < -0.39 is 0 Å². The van der Waals surface area contributed by atoms with Crippen LogP contribution in [0, 0.1) is 0 Å². The number of pyridine rings is 1. The predicted molar refractivity (Wildman–Crippen MR) is 156 cm³/mol. The van der Waals surface area contributed by atoms with Crippen LogP contribution in [-0.4, -0.2) is 46.0 Å². The fourth-order valence-corrected chi connectivity index (χ4v) is 6.71. The Morgan fingerprint density at radius 1 is 1.13 bits per heavy atom. The van der Waals surface area contributed by atoms with Gasteiger partial charge in [0.15, 0.2) is 0 Å². The molecule has 0 unspecified atom stereocenters. The number of carbonyl (C=O) groups is 2. The number of nitrogens with one attached hydrogen (secondary N) is 1. The third kappa shape index (κ3) is 5.72. The average Bonchev–Trinajstić information content (AvgIpc) is 3.58. The summed E-state index contributed by atoms with van der Waals surface area (Å²) in [7, 11) is 1.62. The number of fused-ring (bicyclic) bond motifs is 1. The van der Waals surface area contributed by atoms with Gasteiger partial charge in [0.25, 0.3) is 0 Å². The van der Waals surface area contributed by atoms with Gasteiger partial charge in [-0.3, -0.25) is 19.5 Å². The summed E-state index contributed by atoms with van der Waals surface area (Å²) in [5, 5.41) is 9.99. The van der Waals surface area contributed by atoms with Crippen LogP contribution < -0.4 is 15.0 Å². The molecule has 8 nitrogen and oxygen atoms in total. The van der Waals surface area contributed by atoms with Crippen LogP contribution in [0.2, 0.25) is 0 Å². The maximum absolute atomic E-state index is 13.7. The summed E-state index contributed by atoms with van der Waals surface area (Å²) >= 11 is 3.25. The summed E-state index contributed by atoms with van der Waals surface area (Å²) in [5.74, 6) is 1.20. The molecule has 3 aromatic heterocycles. The van der Waals surface area contributed by atoms with Crippen molar-refractivity contribution in [2.75, 3.05) is 24.3 Å². The maximum Gasteiger partial charge on any atom is 0.240 e. The highest BCUT2D eigenvalue weighted by atomic mass is 32.2. The van der Waals surface area contributed by atoms with Gasteiger partial charge in [0.2, 0.25) is 11.8 Å². The Morgan fingerprint density at radius 2 is 1.92 bits per heavy atom. The number of hydrogen-bond acceptors (Lipinski definition) is 7. The lowest BCUT2D eigenvalue weighted by Gasteiger charge is -2.24. The third-order valence-corrected chi connectivity index (χ3v) is 8.74. The SMILES string of the molecule is COc1ccc(-n2nc(C(C)(C)C)c3c2N(CC(=O)NCc2ccccn2)C(=O)CS[C@H]3c2cccs2)cc1. The van der Waals surface area contributed by atoms with Crippen LogP contribution in [0.15, 0.2) is 66.2 Å². The molecule has 0 saturated carbocycles. The van der Waals surface area contributed by atoms with Gasteiger partial charge >= 0.3 is 0 Å². The summed E-state index contributed by atoms with van der Waals surface area (Å²) in [6.07, 6.45) is 1.69. The van der Waals surface area contributed by atoms with E-state index >= 15 is 0 Å². The van der Waals surface area contributed by atoms with Gasteiger partial charge in [0.1, 0.15) is 18.1 Å². The molecule has 202 valence electrons. The highest BCUT2D eigenvalue weighted by Gasteiger charge is 2.40. The molecule has 1 atom stereocenters. The van der Waals surface area contributed by atoms with E-state index in [1.54, 1.807) is 41.3 Å². The number of nitrogens with zero attached hydrogens (tertiary/aromatic N) is 4. The number of rotatable bonds is 7. The van der Waals surface area contributed by atoms with E-state index in [0.717, 1.165) is 33.3 Å². The minimum atomic E-state index is -0.307. The summed E-state index contributed by atoms with van der Waals surface area (Å²) in [6.45, 7) is 6.54. The molecule has 2 amide bonds. The molecule has 0 radical (unpaired) electrons. The van der Waals surface area contributed by atoms with Crippen molar-refractivity contribution in [2.45, 2.75) is 38.0 Å². The number of hydrogen-bond donors (Lipinski definition) is 1. The van der Waals surface area contributed by atoms with Crippen LogP contribution in [-0.2, 0) is 21.5 Å². The maximum atomic E-state index is 13.7. The number of benzene rings is 1. The molecule has 0 aliphatic carbocycles. The molecule has 0 bridgehead atoms. The highest BCUT2D eigenvalue weighted by molar-refractivity contribution is 8.00. The normalized spacial score (nSPS) is 15.5. The second-order valence-electron chi connectivity index (χ2n) is 10.2. The molecule has 0 spiro atoms. The highest BCUT2D eigenvalue weighted by Crippen LogP contribution is 2.49. The fraction of sp³-hybridized carbons (Fsp3) is 0.310. The second-order valence-corrected chi connectivity index (χ2v) is 12.3. The van der Waals surface area contributed by atoms with Crippen molar-refractivity contribution in [3.8, 4) is 11.4 Å². The van der Waals surface area contributed by atoms with Gasteiger partial charge in [0, 0.05) is 22.1 Å². The van der Waals surface area contributed by atoms with E-state index in [2.05, 4.69) is 42.5 Å². The van der Waals surface area contributed by atoms with Gasteiger partial charge in [-0.25, -0.2) is 4.68 Å². The van der Waals surface area contributed by atoms with Crippen LogP contribution in [0.3, 0.4) is 0 Å². The van der Waals surface area contributed by atoms with Crippen LogP contribution in [0.5, 0.6) is 5.75 Å². The van der Waals surface area contributed by atoms with E-state index in [1.165, 1.54) is 0 Å². The number of ether oxygens (including phenoxy) is 1. The Kier molecular flexibility index (Phi) is 7.76. The number of anilines is 1. The molecule has 1 aromatic carbocycles. The molecule has 4 aromatic rings. The van der Waals surface area contributed by atoms with Crippen LogP contribution in [0.25, 0.3) is 5.69 Å². The molecule has 5 rings (SSSR count). The Morgan fingerprint density at radius 3 is 2.56 bits per heavy atom. The number of thiophene rings is 1. The number of thioether (sulfide) groups is 1. The van der Waals surface area contributed by atoms with Crippen LogP contribution in [0.1, 0.15) is 47.8 Å². The Labute approximate surface area is 236 Å². The van der Waals surface area contributed by atoms with Crippen molar-refractivity contribution in [3.05, 3.63) is 88.0 Å². The monoisotopic (exact) mass is 561 g/mol. The first-order valence-corrected chi connectivity index (χ1v) is 14.6. The van der Waals surface area contributed by atoms with Crippen molar-refractivity contribution < 1.29 is 14.3 Å². The molecule has 0 saturated heterocycles. The van der Waals surface area contributed by atoms with Gasteiger partial charge < -0.3 is 10.1 Å². The van der Waals surface area contributed by atoms with Gasteiger partial charge in [-0.05, 0) is 47.8 Å². The average molecular weight is 562 g/mol. The topological polar surface area (TPSA) is 89.3 Å². The largest absolute Gasteiger partial charge is 0.497 e. The van der Waals surface area contributed by atoms with E-state index in [0.29, 0.717) is 5.82 Å². The fourth-order valence-electron chi connectivity index (χ4n) is 4.53. The number of amides is 2. The lowest BCUT2D eigenvalue weighted by Crippen LogP contribution is -2.42. The lowest BCUT2D eigenvalue weighted by atomic mass is 9.88. The second kappa shape index (κ2) is 11.2. The number of carbonyl (C=O) groups excluding carboxylic acids is 2. The van der Waals surface area contributed by atoms with Crippen molar-refractivity contribution in [3.63, 3.8) is 0 Å². The summed E-state index contributed by atoms with van der Waals surface area (Å²) < 4.78 is 7.17. The lowest BCUT2D eigenvalue weighted by molar-refractivity contribution is -0.123. The first-order chi connectivity index (χ1) is 18.8. The molecule has 10 heteroatoms. The van der Waals surface area contributed by atoms with Gasteiger partial charge in [-0.15, -0.1) is 23.1 Å². The van der Waals surface area contributed by atoms with Gasteiger partial charge in [0.05, 0.1) is 41.7 Å². The molecular weight excluding hydrogens is 530 g/mol. The van der Waals surface area contributed by atoms with Crippen molar-refractivity contribution in [2.24, 2.45) is 0 Å². The Hall–Kier alpha value is -3.63. The third-order valence-electron chi connectivity index (χ3n) is 6.41. The quantitative estimate of drug-likeness (QED) is 0.337. The van der Waals surface area contributed by atoms with E-state index in [9.17, 15) is 9.59 Å². The molecule has 39 heavy (non-hydrogen) atoms. The first-order valence-electron chi connectivity index (χ1n) is 12.7. The standard InChI is InChI=1S/C29H31N5O3S2/c1-29(2,3)27-25-26(22-9-7-15-38-22)39-18-24(36)33(17-23(35)31-16-19-8-5-6-14-30-19)28(25)34(32-27)20-10-12-21(37-4)13-11-20/h5-15,26H,16-18H2,1-4H3,(H,31,35)/t26-/m0/s1. The van der Waals surface area contributed by atoms with Crippen molar-refractivity contribution in [1.82, 2.24) is 20.1 Å². The molecule has 4 heterocycles. The van der Waals surface area contributed by atoms with Crippen molar-refractivity contribution in [1.29, 1.82) is 0 Å². The van der Waals surface area contributed by atoms with Crippen LogP contribution in [0.4, 0.5) is 5.82 Å². The zero-order valence-corrected chi connectivity index (χ0v) is 24.0. The van der Waals surface area contributed by atoms with Crippen molar-refractivity contribution >= 4 is 40.7 Å². The zero-order valence-electron chi connectivity index (χ0n) is 22.4. The minimum absolute atomic E-state index is 0.0910. The van der Waals surface area contributed by atoms with Gasteiger partial charge in [-0.1, -0.05) is 32.9 Å². The van der Waals surface area contributed by atoms with E-state index in [-0.39, 0.29) is 41.3 Å². The molecular formula is C29H31N5O3S2. The Bertz CT molecular complexity index is 1440. The first kappa shape index (κ1) is 27.0. The number of aromatic nitrogens is 3. The molecule has 1 aliphatic rings. The summed E-state index contributed by atoms with van der Waals surface area (Å²) in [5.41, 5.74) is 3.09. The molecule has 1 aliphatic heterocycles. The smallest absolute Gasteiger partial charge is 0.240 e. The summed E-state index contributed by atoms with van der Waals surface area (Å²) in [6, 6.07) is 17.3. The van der Waals surface area contributed by atoms with E-state index in [4.69, 9.17) is 9.84 Å². The molecule has 0 fully saturated rings. The summed E-state index contributed by atoms with van der Waals surface area (Å²) in [4.78, 5) is 33.9. The molecule has 1 N–H and O–H groups in total. The van der Waals surface area contributed by atoms with E-state index in [1.807, 2.05) is 53.2 Å². The predicted octanol–water partition coefficient (Wildman–Crippen LogP) is 5.12.